The summed E-state index contributed by atoms with van der Waals surface area (Å²) >= 11 is 0. The Hall–Kier alpha value is -7.27. The van der Waals surface area contributed by atoms with Crippen molar-refractivity contribution < 1.29 is 0 Å². The molecule has 0 amide bonds. The molecule has 0 radical (unpaired) electrons. The van der Waals surface area contributed by atoms with Crippen LogP contribution < -0.4 is 0 Å². The summed E-state index contributed by atoms with van der Waals surface area (Å²) < 4.78 is 0. The van der Waals surface area contributed by atoms with Crippen LogP contribution >= 0.6 is 0 Å². The third kappa shape index (κ3) is 4.46. The summed E-state index contributed by atoms with van der Waals surface area (Å²) in [7, 11) is 0. The molecule has 0 bridgehead atoms. The summed E-state index contributed by atoms with van der Waals surface area (Å²) in [6.45, 7) is 0. The molecule has 0 aromatic heterocycles. The van der Waals surface area contributed by atoms with Gasteiger partial charge in [-0.15, -0.1) is 0 Å². The highest BCUT2D eigenvalue weighted by Gasteiger charge is 2.46. The highest BCUT2D eigenvalue weighted by atomic mass is 14.5. The van der Waals surface area contributed by atoms with Gasteiger partial charge < -0.3 is 0 Å². The summed E-state index contributed by atoms with van der Waals surface area (Å²) in [6, 6.07) is 75.2. The Morgan fingerprint density at radius 3 is 1.49 bits per heavy atom. The normalized spacial score (nSPS) is 12.9. The number of benzene rings is 9. The number of hydrogen-bond donors (Lipinski definition) is 0. The fourth-order valence-corrected chi connectivity index (χ4v) is 9.69. The number of fused-ring (bicyclic) bond motifs is 6. The second-order valence-corrected chi connectivity index (χ2v) is 14.7. The molecule has 0 saturated heterocycles. The molecule has 9 aromatic carbocycles. The average Bonchev–Trinajstić information content (AvgIpc) is 3.75. The predicted molar refractivity (Wildman–Crippen MR) is 227 cm³/mol. The number of nitriles is 1. The van der Waals surface area contributed by atoms with Crippen LogP contribution in [0.4, 0.5) is 0 Å². The predicted octanol–water partition coefficient (Wildman–Crippen LogP) is 13.7. The fraction of sp³-hybridized carbons (Fsp3) is 0.0185. The lowest BCUT2D eigenvalue weighted by Crippen LogP contribution is -2.28. The maximum Gasteiger partial charge on any atom is 0.0991 e. The van der Waals surface area contributed by atoms with Crippen molar-refractivity contribution in [1.29, 1.82) is 5.26 Å². The summed E-state index contributed by atoms with van der Waals surface area (Å²) in [5.41, 5.74) is 19.5. The first-order chi connectivity index (χ1) is 27.3. The molecule has 55 heavy (non-hydrogen) atoms. The zero-order valence-corrected chi connectivity index (χ0v) is 30.0. The minimum atomic E-state index is -0.635. The molecule has 0 atom stereocenters. The van der Waals surface area contributed by atoms with Crippen LogP contribution in [0.2, 0.25) is 0 Å². The second kappa shape index (κ2) is 12.1. The number of rotatable bonds is 5. The topological polar surface area (TPSA) is 23.8 Å². The molecule has 0 spiro atoms. The highest BCUT2D eigenvalue weighted by molar-refractivity contribution is 6.22. The van der Waals surface area contributed by atoms with Crippen molar-refractivity contribution in [2.45, 2.75) is 5.41 Å². The van der Waals surface area contributed by atoms with Gasteiger partial charge in [0.1, 0.15) is 0 Å². The summed E-state index contributed by atoms with van der Waals surface area (Å²) in [5, 5.41) is 12.8. The van der Waals surface area contributed by atoms with Gasteiger partial charge in [-0.2, -0.15) is 5.26 Å². The molecule has 1 nitrogen and oxygen atoms in total. The zero-order valence-electron chi connectivity index (χ0n) is 30.0. The van der Waals surface area contributed by atoms with Crippen LogP contribution in [0.3, 0.4) is 0 Å². The van der Waals surface area contributed by atoms with E-state index in [1.165, 1.54) is 83.1 Å². The van der Waals surface area contributed by atoms with E-state index in [-0.39, 0.29) is 0 Å². The van der Waals surface area contributed by atoms with Gasteiger partial charge in [-0.25, -0.2) is 0 Å². The maximum absolute atomic E-state index is 10.2. The highest BCUT2D eigenvalue weighted by Crippen LogP contribution is 2.60. The fourth-order valence-electron chi connectivity index (χ4n) is 9.69. The van der Waals surface area contributed by atoms with Crippen LogP contribution in [-0.2, 0) is 5.41 Å². The largest absolute Gasteiger partial charge is 0.192 e. The molecule has 9 aromatic rings. The summed E-state index contributed by atoms with van der Waals surface area (Å²) in [5.74, 6) is 0. The molecule has 1 heteroatoms. The Balaban J connectivity index is 1.28. The third-order valence-electron chi connectivity index (χ3n) is 11.9. The van der Waals surface area contributed by atoms with Gasteiger partial charge in [-0.1, -0.05) is 176 Å². The monoisotopic (exact) mass is 695 g/mol. The van der Waals surface area contributed by atoms with E-state index in [9.17, 15) is 5.26 Å². The Bertz CT molecular complexity index is 2960. The van der Waals surface area contributed by atoms with E-state index >= 15 is 0 Å². The van der Waals surface area contributed by atoms with Crippen LogP contribution in [0.1, 0.15) is 27.8 Å². The first kappa shape index (κ1) is 31.3. The summed E-state index contributed by atoms with van der Waals surface area (Å²) in [6.07, 6.45) is 0. The molecular weight excluding hydrogens is 663 g/mol. The van der Waals surface area contributed by atoms with E-state index in [1.807, 2.05) is 6.07 Å². The van der Waals surface area contributed by atoms with Gasteiger partial charge in [0.25, 0.3) is 0 Å². The molecule has 254 valence electrons. The van der Waals surface area contributed by atoms with Crippen LogP contribution in [0.15, 0.2) is 200 Å². The van der Waals surface area contributed by atoms with Crippen LogP contribution in [0, 0.1) is 11.3 Å². The Morgan fingerprint density at radius 1 is 0.345 bits per heavy atom. The maximum atomic E-state index is 10.2. The number of hydrogen-bond acceptors (Lipinski definition) is 1. The van der Waals surface area contributed by atoms with Gasteiger partial charge in [0.2, 0.25) is 0 Å². The van der Waals surface area contributed by atoms with Gasteiger partial charge in [0, 0.05) is 0 Å². The molecule has 0 saturated carbocycles. The van der Waals surface area contributed by atoms with Crippen molar-refractivity contribution in [3.8, 4) is 72.8 Å². The van der Waals surface area contributed by atoms with Gasteiger partial charge in [-0.05, 0) is 124 Å². The first-order valence-corrected chi connectivity index (χ1v) is 18.9. The minimum Gasteiger partial charge on any atom is -0.192 e. The summed E-state index contributed by atoms with van der Waals surface area (Å²) in [4.78, 5) is 0. The van der Waals surface area contributed by atoms with E-state index < -0.39 is 5.41 Å². The lowest BCUT2D eigenvalue weighted by Gasteiger charge is -2.34. The molecule has 2 aliphatic carbocycles. The van der Waals surface area contributed by atoms with Crippen LogP contribution in [0.5, 0.6) is 0 Å². The van der Waals surface area contributed by atoms with Crippen molar-refractivity contribution in [1.82, 2.24) is 0 Å². The second-order valence-electron chi connectivity index (χ2n) is 14.7. The van der Waals surface area contributed by atoms with Gasteiger partial charge in [-0.3, -0.25) is 0 Å². The van der Waals surface area contributed by atoms with E-state index in [2.05, 4.69) is 200 Å². The Kier molecular flexibility index (Phi) is 6.90. The first-order valence-electron chi connectivity index (χ1n) is 18.9. The van der Waals surface area contributed by atoms with E-state index in [0.29, 0.717) is 5.56 Å². The molecule has 0 unspecified atom stereocenters. The molecular formula is C54H33N. The standard InChI is InChI=1S/C54H33N/c55-34-35-27-29-42-43-30-28-39(32-49(43)54(48(42)31-35,40-21-9-3-10-22-40)41-23-11-4-12-24-41)47-33-46(36-15-5-1-6-16-36)52-44-25-13-19-37-20-14-26-45(50(37)44)53(52)51(47)38-17-7-2-8-18-38/h1-33H. The van der Waals surface area contributed by atoms with Crippen molar-refractivity contribution >= 4 is 10.8 Å². The van der Waals surface area contributed by atoms with Gasteiger partial charge in [0.05, 0.1) is 17.0 Å². The SMILES string of the molecule is N#Cc1ccc2c(c1)C(c1ccccc1)(c1ccccc1)c1cc(-c3cc(-c4ccccc4)c4c(c3-c3ccccc3)-c3cccc5cccc-4c35)ccc1-2. The molecule has 11 rings (SSSR count). The minimum absolute atomic E-state index is 0.635. The molecule has 0 heterocycles. The average molecular weight is 696 g/mol. The van der Waals surface area contributed by atoms with Crippen molar-refractivity contribution in [3.05, 3.63) is 228 Å². The zero-order chi connectivity index (χ0) is 36.5. The molecule has 2 aliphatic rings. The van der Waals surface area contributed by atoms with E-state index in [4.69, 9.17) is 0 Å². The van der Waals surface area contributed by atoms with E-state index in [0.717, 1.165) is 16.7 Å². The van der Waals surface area contributed by atoms with E-state index in [1.54, 1.807) is 0 Å². The Labute approximate surface area is 321 Å². The van der Waals surface area contributed by atoms with Crippen LogP contribution in [0.25, 0.3) is 77.5 Å². The Morgan fingerprint density at radius 2 is 0.873 bits per heavy atom. The lowest BCUT2D eigenvalue weighted by molar-refractivity contribution is 0.768. The third-order valence-corrected chi connectivity index (χ3v) is 11.9. The molecule has 0 aliphatic heterocycles. The smallest absolute Gasteiger partial charge is 0.0991 e. The lowest BCUT2D eigenvalue weighted by atomic mass is 9.67. The van der Waals surface area contributed by atoms with Gasteiger partial charge >= 0.3 is 0 Å². The van der Waals surface area contributed by atoms with Gasteiger partial charge in [0.15, 0.2) is 0 Å². The van der Waals surface area contributed by atoms with Crippen molar-refractivity contribution in [2.24, 2.45) is 0 Å². The number of nitrogens with zero attached hydrogens (tertiary/aromatic N) is 1. The van der Waals surface area contributed by atoms with Crippen molar-refractivity contribution in [2.75, 3.05) is 0 Å². The van der Waals surface area contributed by atoms with Crippen molar-refractivity contribution in [3.63, 3.8) is 0 Å². The molecule has 0 N–H and O–H groups in total. The van der Waals surface area contributed by atoms with Crippen LogP contribution in [-0.4, -0.2) is 0 Å². The quantitative estimate of drug-likeness (QED) is 0.176. The molecule has 0 fully saturated rings.